The van der Waals surface area contributed by atoms with Crippen LogP contribution >= 0.6 is 0 Å². The van der Waals surface area contributed by atoms with Crippen LogP contribution in [0.2, 0.25) is 0 Å². The zero-order valence-corrected chi connectivity index (χ0v) is 9.36. The summed E-state index contributed by atoms with van der Waals surface area (Å²) in [5.74, 6) is -0.243. The van der Waals surface area contributed by atoms with E-state index in [4.69, 9.17) is 9.47 Å². The van der Waals surface area contributed by atoms with E-state index in [1.165, 1.54) is 12.4 Å². The van der Waals surface area contributed by atoms with E-state index in [9.17, 15) is 4.39 Å². The van der Waals surface area contributed by atoms with Gasteiger partial charge in [0, 0.05) is 12.8 Å². The van der Waals surface area contributed by atoms with Gasteiger partial charge in [0.25, 0.3) is 0 Å². The fourth-order valence-electron chi connectivity index (χ4n) is 2.25. The van der Waals surface area contributed by atoms with Crippen LogP contribution in [0, 0.1) is 5.82 Å². The Hall–Kier alpha value is -1.33. The molecule has 2 aliphatic rings. The molecule has 1 aliphatic carbocycles. The Morgan fingerprint density at radius 1 is 1.18 bits per heavy atom. The highest BCUT2D eigenvalue weighted by molar-refractivity contribution is 5.60. The zero-order valence-electron chi connectivity index (χ0n) is 9.36. The van der Waals surface area contributed by atoms with Crippen LogP contribution in [-0.4, -0.2) is 29.0 Å². The number of halogens is 1. The van der Waals surface area contributed by atoms with E-state index in [0.717, 1.165) is 18.4 Å². The summed E-state index contributed by atoms with van der Waals surface area (Å²) in [4.78, 5) is 7.96. The summed E-state index contributed by atoms with van der Waals surface area (Å²) in [6.07, 6.45) is 6.72. The minimum absolute atomic E-state index is 0.413. The number of nitrogens with zero attached hydrogens (tertiary/aromatic N) is 2. The van der Waals surface area contributed by atoms with Crippen molar-refractivity contribution in [1.29, 1.82) is 0 Å². The molecule has 1 spiro atoms. The predicted octanol–water partition coefficient (Wildman–Crippen LogP) is 1.93. The van der Waals surface area contributed by atoms with Crippen molar-refractivity contribution in [3.63, 3.8) is 0 Å². The van der Waals surface area contributed by atoms with E-state index in [-0.39, 0.29) is 0 Å². The van der Waals surface area contributed by atoms with Gasteiger partial charge in [-0.05, 0) is 12.0 Å². The summed E-state index contributed by atoms with van der Waals surface area (Å²) in [5.41, 5.74) is 1.04. The Labute approximate surface area is 98.5 Å². The molecule has 90 valence electrons. The lowest BCUT2D eigenvalue weighted by atomic mass is 9.93. The lowest BCUT2D eigenvalue weighted by molar-refractivity contribution is -0.159. The lowest BCUT2D eigenvalue weighted by Crippen LogP contribution is -2.31. The van der Waals surface area contributed by atoms with Crippen LogP contribution in [0.25, 0.3) is 5.57 Å². The van der Waals surface area contributed by atoms with Crippen LogP contribution in [0.15, 0.2) is 18.5 Å². The molecule has 2 heterocycles. The topological polar surface area (TPSA) is 44.2 Å². The second-order valence-electron chi connectivity index (χ2n) is 4.27. The molecule has 0 unspecified atom stereocenters. The molecule has 1 fully saturated rings. The van der Waals surface area contributed by atoms with Crippen molar-refractivity contribution in [2.24, 2.45) is 0 Å². The number of hydrogen-bond acceptors (Lipinski definition) is 4. The number of hydrogen-bond donors (Lipinski definition) is 0. The predicted molar refractivity (Wildman–Crippen MR) is 58.5 cm³/mol. The molecule has 5 heteroatoms. The van der Waals surface area contributed by atoms with Gasteiger partial charge in [-0.2, -0.15) is 0 Å². The highest BCUT2D eigenvalue weighted by Gasteiger charge is 2.37. The molecular weight excluding hydrogens is 223 g/mol. The summed E-state index contributed by atoms with van der Waals surface area (Å²) in [6, 6.07) is 0. The summed E-state index contributed by atoms with van der Waals surface area (Å²) in [7, 11) is 0. The third kappa shape index (κ3) is 2.08. The molecule has 1 saturated heterocycles. The summed E-state index contributed by atoms with van der Waals surface area (Å²) in [6.45, 7) is 1.33. The van der Waals surface area contributed by atoms with Crippen molar-refractivity contribution in [2.45, 2.75) is 25.0 Å². The van der Waals surface area contributed by atoms with Crippen LogP contribution in [0.5, 0.6) is 0 Å². The third-order valence-corrected chi connectivity index (χ3v) is 3.16. The zero-order chi connectivity index (χ0) is 11.7. The van der Waals surface area contributed by atoms with Crippen LogP contribution < -0.4 is 0 Å². The van der Waals surface area contributed by atoms with Crippen LogP contribution in [-0.2, 0) is 9.47 Å². The number of ether oxygens (including phenoxy) is 2. The molecule has 0 aromatic carbocycles. The standard InChI is InChI=1S/C12H13FN2O2/c13-10-7-14-11(15-8-10)9-1-3-12(4-2-9)16-5-6-17-12/h1,7-8H,2-6H2. The maximum atomic E-state index is 12.7. The molecule has 0 atom stereocenters. The molecule has 1 aromatic heterocycles. The lowest BCUT2D eigenvalue weighted by Gasteiger charge is -2.30. The van der Waals surface area contributed by atoms with Crippen molar-refractivity contribution in [2.75, 3.05) is 13.2 Å². The first kappa shape index (κ1) is 10.8. The molecule has 1 aromatic rings. The first-order chi connectivity index (χ1) is 8.27. The molecule has 17 heavy (non-hydrogen) atoms. The minimum atomic E-state index is -0.427. The van der Waals surface area contributed by atoms with Gasteiger partial charge in [-0.25, -0.2) is 14.4 Å². The molecule has 0 N–H and O–H groups in total. The van der Waals surface area contributed by atoms with Crippen LogP contribution in [0.3, 0.4) is 0 Å². The van der Waals surface area contributed by atoms with E-state index in [0.29, 0.717) is 25.5 Å². The normalized spacial score (nSPS) is 22.8. The van der Waals surface area contributed by atoms with Crippen molar-refractivity contribution in [1.82, 2.24) is 9.97 Å². The first-order valence-corrected chi connectivity index (χ1v) is 5.72. The summed E-state index contributed by atoms with van der Waals surface area (Å²) < 4.78 is 23.9. The van der Waals surface area contributed by atoms with Gasteiger partial charge in [0.1, 0.15) is 0 Å². The Morgan fingerprint density at radius 2 is 1.88 bits per heavy atom. The second-order valence-corrected chi connectivity index (χ2v) is 4.27. The van der Waals surface area contributed by atoms with Crippen LogP contribution in [0.1, 0.15) is 25.1 Å². The van der Waals surface area contributed by atoms with Gasteiger partial charge in [-0.3, -0.25) is 0 Å². The average molecular weight is 236 g/mol. The van der Waals surface area contributed by atoms with Gasteiger partial charge >= 0.3 is 0 Å². The molecule has 0 amide bonds. The highest BCUT2D eigenvalue weighted by Crippen LogP contribution is 2.37. The monoisotopic (exact) mass is 236 g/mol. The highest BCUT2D eigenvalue weighted by atomic mass is 19.1. The quantitative estimate of drug-likeness (QED) is 0.747. The molecule has 1 aliphatic heterocycles. The smallest absolute Gasteiger partial charge is 0.172 e. The Kier molecular flexibility index (Phi) is 2.64. The molecule has 3 rings (SSSR count). The van der Waals surface area contributed by atoms with E-state index in [2.05, 4.69) is 9.97 Å². The Balaban J connectivity index is 1.78. The second kappa shape index (κ2) is 4.16. The van der Waals surface area contributed by atoms with Gasteiger partial charge < -0.3 is 9.47 Å². The molecule has 0 radical (unpaired) electrons. The van der Waals surface area contributed by atoms with Gasteiger partial charge in [-0.15, -0.1) is 0 Å². The molecule has 0 saturated carbocycles. The summed E-state index contributed by atoms with van der Waals surface area (Å²) in [5, 5.41) is 0. The number of rotatable bonds is 1. The Morgan fingerprint density at radius 3 is 2.47 bits per heavy atom. The summed E-state index contributed by atoms with van der Waals surface area (Å²) >= 11 is 0. The van der Waals surface area contributed by atoms with Crippen molar-refractivity contribution in [3.05, 3.63) is 30.1 Å². The SMILES string of the molecule is Fc1cnc(C2=CCC3(CC2)OCCO3)nc1. The van der Waals surface area contributed by atoms with Gasteiger partial charge in [0.2, 0.25) is 0 Å². The van der Waals surface area contributed by atoms with E-state index < -0.39 is 11.6 Å². The maximum absolute atomic E-state index is 12.7. The fraction of sp³-hybridized carbons (Fsp3) is 0.500. The van der Waals surface area contributed by atoms with E-state index >= 15 is 0 Å². The van der Waals surface area contributed by atoms with Crippen molar-refractivity contribution in [3.8, 4) is 0 Å². The van der Waals surface area contributed by atoms with E-state index in [1.807, 2.05) is 6.08 Å². The number of aromatic nitrogens is 2. The fourth-order valence-corrected chi connectivity index (χ4v) is 2.25. The van der Waals surface area contributed by atoms with Gasteiger partial charge in [0.05, 0.1) is 25.6 Å². The van der Waals surface area contributed by atoms with Gasteiger partial charge in [0.15, 0.2) is 17.4 Å². The number of allylic oxidation sites excluding steroid dienone is 1. The average Bonchev–Trinajstić information content (AvgIpc) is 2.80. The molecule has 4 nitrogen and oxygen atoms in total. The van der Waals surface area contributed by atoms with Crippen LogP contribution in [0.4, 0.5) is 4.39 Å². The third-order valence-electron chi connectivity index (χ3n) is 3.16. The Bertz CT molecular complexity index is 438. The largest absolute Gasteiger partial charge is 0.347 e. The first-order valence-electron chi connectivity index (χ1n) is 5.72. The van der Waals surface area contributed by atoms with Gasteiger partial charge in [-0.1, -0.05) is 6.08 Å². The minimum Gasteiger partial charge on any atom is -0.347 e. The molecule has 0 bridgehead atoms. The molecular formula is C12H13FN2O2. The van der Waals surface area contributed by atoms with Crippen molar-refractivity contribution >= 4 is 5.57 Å². The van der Waals surface area contributed by atoms with Crippen molar-refractivity contribution < 1.29 is 13.9 Å². The van der Waals surface area contributed by atoms with E-state index in [1.54, 1.807) is 0 Å². The maximum Gasteiger partial charge on any atom is 0.172 e.